The van der Waals surface area contributed by atoms with Crippen molar-refractivity contribution in [3.05, 3.63) is 0 Å². The average Bonchev–Trinajstić information content (AvgIpc) is 2.76. The maximum absolute atomic E-state index is 10.4. The zero-order chi connectivity index (χ0) is 11.3. The highest BCUT2D eigenvalue weighted by Crippen LogP contribution is 2.03. The second-order valence-electron chi connectivity index (χ2n) is 3.70. The standard InChI is InChI=1S/C5H10N2O.C4H7NO2/c6-3-4-1-2-5(8)7-4;6-3-1-4(7)5-2-3/h4H,1-3,6H2,(H,7,8);3,6H,1-2H2,(H,5,7). The molecule has 15 heavy (non-hydrogen) atoms. The molecule has 2 aliphatic heterocycles. The van der Waals surface area contributed by atoms with Crippen LogP contribution in [0.2, 0.25) is 0 Å². The fourth-order valence-electron chi connectivity index (χ4n) is 1.44. The Morgan fingerprint density at radius 3 is 2.33 bits per heavy atom. The summed E-state index contributed by atoms with van der Waals surface area (Å²) in [6, 6.07) is 0.252. The van der Waals surface area contributed by atoms with Crippen molar-refractivity contribution in [2.75, 3.05) is 13.1 Å². The topological polar surface area (TPSA) is 104 Å². The molecule has 86 valence electrons. The normalized spacial score (nSPS) is 29.2. The van der Waals surface area contributed by atoms with Crippen LogP contribution < -0.4 is 16.4 Å². The summed E-state index contributed by atoms with van der Waals surface area (Å²) < 4.78 is 0. The summed E-state index contributed by atoms with van der Waals surface area (Å²) in [5, 5.41) is 13.8. The Kier molecular flexibility index (Phi) is 4.51. The van der Waals surface area contributed by atoms with Gasteiger partial charge in [-0.05, 0) is 6.42 Å². The van der Waals surface area contributed by atoms with E-state index in [0.29, 0.717) is 19.5 Å². The van der Waals surface area contributed by atoms with Gasteiger partial charge in [0, 0.05) is 25.6 Å². The van der Waals surface area contributed by atoms with Gasteiger partial charge in [-0.1, -0.05) is 0 Å². The van der Waals surface area contributed by atoms with E-state index >= 15 is 0 Å². The predicted molar refractivity (Wildman–Crippen MR) is 53.9 cm³/mol. The SMILES string of the molecule is NCC1CCC(=O)N1.O=C1CC(O)CN1. The smallest absolute Gasteiger partial charge is 0.222 e. The number of carbonyl (C=O) groups is 2. The summed E-state index contributed by atoms with van der Waals surface area (Å²) in [5.41, 5.74) is 5.28. The third kappa shape index (κ3) is 4.26. The molecule has 0 aliphatic carbocycles. The van der Waals surface area contributed by atoms with Gasteiger partial charge in [0.05, 0.1) is 12.5 Å². The number of hydrogen-bond acceptors (Lipinski definition) is 4. The molecule has 2 rings (SSSR count). The van der Waals surface area contributed by atoms with Crippen molar-refractivity contribution in [1.29, 1.82) is 0 Å². The monoisotopic (exact) mass is 215 g/mol. The van der Waals surface area contributed by atoms with E-state index in [1.807, 2.05) is 0 Å². The Morgan fingerprint density at radius 1 is 1.40 bits per heavy atom. The highest BCUT2D eigenvalue weighted by Gasteiger charge is 2.18. The zero-order valence-electron chi connectivity index (χ0n) is 8.53. The van der Waals surface area contributed by atoms with Crippen LogP contribution in [0.5, 0.6) is 0 Å². The number of aliphatic hydroxyl groups excluding tert-OH is 1. The van der Waals surface area contributed by atoms with Crippen LogP contribution in [0.1, 0.15) is 19.3 Å². The van der Waals surface area contributed by atoms with Gasteiger partial charge in [0.15, 0.2) is 0 Å². The summed E-state index contributed by atoms with van der Waals surface area (Å²) in [7, 11) is 0. The highest BCUT2D eigenvalue weighted by molar-refractivity contribution is 5.78. The van der Waals surface area contributed by atoms with Gasteiger partial charge in [-0.25, -0.2) is 0 Å². The van der Waals surface area contributed by atoms with Crippen LogP contribution in [-0.4, -0.2) is 42.2 Å². The largest absolute Gasteiger partial charge is 0.391 e. The lowest BCUT2D eigenvalue weighted by molar-refractivity contribution is -0.120. The first-order valence-corrected chi connectivity index (χ1v) is 5.06. The molecule has 2 atom stereocenters. The van der Waals surface area contributed by atoms with Gasteiger partial charge in [0.1, 0.15) is 0 Å². The van der Waals surface area contributed by atoms with Gasteiger partial charge >= 0.3 is 0 Å². The Labute approximate surface area is 88.2 Å². The van der Waals surface area contributed by atoms with Crippen LogP contribution in [0.4, 0.5) is 0 Å². The minimum absolute atomic E-state index is 0.0486. The fourth-order valence-corrected chi connectivity index (χ4v) is 1.44. The molecule has 0 radical (unpaired) electrons. The van der Waals surface area contributed by atoms with E-state index < -0.39 is 6.10 Å². The molecule has 2 aliphatic rings. The van der Waals surface area contributed by atoms with Gasteiger partial charge in [0.2, 0.25) is 11.8 Å². The number of rotatable bonds is 1. The number of β-amino-alcohol motifs (C(OH)–C–C–N with tert-alkyl or cyclic N) is 1. The molecule has 5 N–H and O–H groups in total. The average molecular weight is 215 g/mol. The maximum Gasteiger partial charge on any atom is 0.222 e. The first-order chi connectivity index (χ1) is 7.11. The second-order valence-corrected chi connectivity index (χ2v) is 3.70. The molecule has 6 heteroatoms. The van der Waals surface area contributed by atoms with Crippen LogP contribution in [0, 0.1) is 0 Å². The molecular formula is C9H17N3O3. The van der Waals surface area contributed by atoms with Crippen molar-refractivity contribution >= 4 is 11.8 Å². The number of nitrogens with one attached hydrogen (secondary N) is 2. The molecule has 2 unspecified atom stereocenters. The minimum Gasteiger partial charge on any atom is -0.391 e. The van der Waals surface area contributed by atoms with Crippen molar-refractivity contribution in [1.82, 2.24) is 10.6 Å². The van der Waals surface area contributed by atoms with Crippen molar-refractivity contribution in [2.24, 2.45) is 5.73 Å². The van der Waals surface area contributed by atoms with E-state index in [0.717, 1.165) is 6.42 Å². The molecule has 2 heterocycles. The van der Waals surface area contributed by atoms with Gasteiger partial charge in [-0.3, -0.25) is 9.59 Å². The second kappa shape index (κ2) is 5.67. The summed E-state index contributed by atoms with van der Waals surface area (Å²) >= 11 is 0. The molecule has 2 fully saturated rings. The molecule has 2 amide bonds. The molecule has 2 saturated heterocycles. The predicted octanol–water partition coefficient (Wildman–Crippen LogP) is -1.91. The lowest BCUT2D eigenvalue weighted by Gasteiger charge is -2.02. The lowest BCUT2D eigenvalue weighted by Crippen LogP contribution is -2.32. The van der Waals surface area contributed by atoms with Gasteiger partial charge in [0.25, 0.3) is 0 Å². The molecule has 0 aromatic carbocycles. The number of nitrogens with two attached hydrogens (primary N) is 1. The fraction of sp³-hybridized carbons (Fsp3) is 0.778. The van der Waals surface area contributed by atoms with E-state index in [2.05, 4.69) is 10.6 Å². The number of amides is 2. The summed E-state index contributed by atoms with van der Waals surface area (Å²) in [5.74, 6) is 0.0907. The van der Waals surface area contributed by atoms with Crippen molar-refractivity contribution in [3.63, 3.8) is 0 Å². The summed E-state index contributed by atoms with van der Waals surface area (Å²) in [6.45, 7) is 1.00. The number of aliphatic hydroxyl groups is 1. The molecule has 0 aromatic rings. The minimum atomic E-state index is -0.438. The Hall–Kier alpha value is -1.14. The van der Waals surface area contributed by atoms with Crippen LogP contribution in [0.25, 0.3) is 0 Å². The van der Waals surface area contributed by atoms with E-state index in [9.17, 15) is 9.59 Å². The molecule has 0 spiro atoms. The molecule has 6 nitrogen and oxygen atoms in total. The van der Waals surface area contributed by atoms with Crippen molar-refractivity contribution < 1.29 is 14.7 Å². The molecule has 0 saturated carbocycles. The van der Waals surface area contributed by atoms with Crippen molar-refractivity contribution in [3.8, 4) is 0 Å². The zero-order valence-corrected chi connectivity index (χ0v) is 8.53. The number of carbonyl (C=O) groups excluding carboxylic acids is 2. The quantitative estimate of drug-likeness (QED) is 0.409. The maximum atomic E-state index is 10.4. The van der Waals surface area contributed by atoms with Crippen molar-refractivity contribution in [2.45, 2.75) is 31.4 Å². The van der Waals surface area contributed by atoms with Gasteiger partial charge < -0.3 is 21.5 Å². The third-order valence-electron chi connectivity index (χ3n) is 2.33. The van der Waals surface area contributed by atoms with Crippen LogP contribution >= 0.6 is 0 Å². The Bertz CT molecular complexity index is 245. The van der Waals surface area contributed by atoms with Crippen LogP contribution in [-0.2, 0) is 9.59 Å². The van der Waals surface area contributed by atoms with E-state index in [1.165, 1.54) is 0 Å². The summed E-state index contributed by atoms with van der Waals surface area (Å²) in [4.78, 5) is 20.6. The Morgan fingerprint density at radius 2 is 2.13 bits per heavy atom. The van der Waals surface area contributed by atoms with E-state index in [4.69, 9.17) is 10.8 Å². The summed E-state index contributed by atoms with van der Waals surface area (Å²) in [6.07, 6.45) is 1.41. The molecule has 0 aromatic heterocycles. The highest BCUT2D eigenvalue weighted by atomic mass is 16.3. The molecule has 0 bridgehead atoms. The van der Waals surface area contributed by atoms with Crippen LogP contribution in [0.3, 0.4) is 0 Å². The third-order valence-corrected chi connectivity index (χ3v) is 2.33. The van der Waals surface area contributed by atoms with Crippen LogP contribution in [0.15, 0.2) is 0 Å². The Balaban J connectivity index is 0.000000151. The van der Waals surface area contributed by atoms with Gasteiger partial charge in [-0.15, -0.1) is 0 Å². The lowest BCUT2D eigenvalue weighted by atomic mass is 10.2. The first-order valence-electron chi connectivity index (χ1n) is 5.06. The van der Waals surface area contributed by atoms with E-state index in [-0.39, 0.29) is 24.3 Å². The van der Waals surface area contributed by atoms with E-state index in [1.54, 1.807) is 0 Å². The first kappa shape index (κ1) is 11.9. The number of hydrogen-bond donors (Lipinski definition) is 4. The van der Waals surface area contributed by atoms with Gasteiger partial charge in [-0.2, -0.15) is 0 Å². The molecular weight excluding hydrogens is 198 g/mol.